The first-order valence-corrected chi connectivity index (χ1v) is 7.48. The maximum atomic E-state index is 6.31. The topological polar surface area (TPSA) is 25.2 Å². The van der Waals surface area contributed by atoms with Crippen LogP contribution in [0.25, 0.3) is 11.0 Å². The lowest BCUT2D eigenvalue weighted by atomic mass is 10.1. The van der Waals surface area contributed by atoms with E-state index in [4.69, 9.17) is 27.6 Å². The van der Waals surface area contributed by atoms with E-state index in [1.165, 1.54) is 12.8 Å². The van der Waals surface area contributed by atoms with Gasteiger partial charge in [-0.05, 0) is 47.8 Å². The summed E-state index contributed by atoms with van der Waals surface area (Å²) in [6.07, 6.45) is 5.24. The molecule has 0 unspecified atom stereocenters. The number of fused-ring (bicyclic) bond motifs is 1. The summed E-state index contributed by atoms with van der Waals surface area (Å²) < 4.78 is 6.33. The summed E-state index contributed by atoms with van der Waals surface area (Å²) in [6, 6.07) is 2.48. The van der Waals surface area contributed by atoms with Gasteiger partial charge in [0.15, 0.2) is 5.58 Å². The molecule has 1 aliphatic carbocycles. The van der Waals surface area contributed by atoms with Gasteiger partial charge >= 0.3 is 0 Å². The normalized spacial score (nSPS) is 15.5. The van der Waals surface area contributed by atoms with Crippen LogP contribution in [0.1, 0.15) is 18.4 Å². The molecule has 18 heavy (non-hydrogen) atoms. The molecule has 1 saturated carbocycles. The second-order valence-electron chi connectivity index (χ2n) is 4.60. The molecule has 0 atom stereocenters. The Balaban J connectivity index is 1.91. The smallest absolute Gasteiger partial charge is 0.154 e. The van der Waals surface area contributed by atoms with Crippen LogP contribution >= 0.6 is 39.1 Å². The van der Waals surface area contributed by atoms with E-state index < -0.39 is 0 Å². The fraction of sp³-hybridized carbons (Fsp3) is 0.385. The molecule has 1 aliphatic rings. The van der Waals surface area contributed by atoms with Gasteiger partial charge in [0.2, 0.25) is 0 Å². The predicted molar refractivity (Wildman–Crippen MR) is 78.7 cm³/mol. The lowest BCUT2D eigenvalue weighted by Crippen LogP contribution is -2.19. The van der Waals surface area contributed by atoms with Crippen LogP contribution in [0.5, 0.6) is 0 Å². The monoisotopic (exact) mass is 347 g/mol. The van der Waals surface area contributed by atoms with Crippen LogP contribution in [0.2, 0.25) is 10.0 Å². The van der Waals surface area contributed by atoms with Crippen molar-refractivity contribution in [1.82, 2.24) is 5.32 Å². The first kappa shape index (κ1) is 12.8. The van der Waals surface area contributed by atoms with Crippen molar-refractivity contribution in [2.24, 2.45) is 0 Å². The third kappa shape index (κ3) is 2.42. The first-order chi connectivity index (χ1) is 8.66. The van der Waals surface area contributed by atoms with Gasteiger partial charge in [0, 0.05) is 21.5 Å². The van der Waals surface area contributed by atoms with E-state index >= 15 is 0 Å². The number of halogens is 3. The highest BCUT2D eigenvalue weighted by Gasteiger charge is 2.20. The van der Waals surface area contributed by atoms with Gasteiger partial charge in [0.05, 0.1) is 16.3 Å². The summed E-state index contributed by atoms with van der Waals surface area (Å²) >= 11 is 15.9. The number of hydrogen-bond donors (Lipinski definition) is 1. The molecule has 0 aliphatic heterocycles. The highest BCUT2D eigenvalue weighted by molar-refractivity contribution is 9.10. The van der Waals surface area contributed by atoms with Crippen molar-refractivity contribution >= 4 is 50.1 Å². The minimum atomic E-state index is 0.586. The van der Waals surface area contributed by atoms with E-state index in [0.717, 1.165) is 28.4 Å². The molecule has 3 rings (SSSR count). The zero-order chi connectivity index (χ0) is 12.7. The van der Waals surface area contributed by atoms with Crippen LogP contribution in [0.3, 0.4) is 0 Å². The largest absolute Gasteiger partial charge is 0.462 e. The van der Waals surface area contributed by atoms with E-state index in [-0.39, 0.29) is 0 Å². The minimum absolute atomic E-state index is 0.586. The highest BCUT2D eigenvalue weighted by Crippen LogP contribution is 2.39. The van der Waals surface area contributed by atoms with Gasteiger partial charge in [-0.15, -0.1) is 0 Å². The maximum Gasteiger partial charge on any atom is 0.154 e. The lowest BCUT2D eigenvalue weighted by Gasteiger charge is -2.04. The molecule has 0 spiro atoms. The van der Waals surface area contributed by atoms with Gasteiger partial charge in [-0.1, -0.05) is 23.2 Å². The summed E-state index contributed by atoms with van der Waals surface area (Å²) in [5.41, 5.74) is 1.78. The number of hydrogen-bond acceptors (Lipinski definition) is 2. The molecule has 0 saturated heterocycles. The molecule has 0 radical (unpaired) electrons. The molecule has 1 aromatic carbocycles. The summed E-state index contributed by atoms with van der Waals surface area (Å²) in [6.45, 7) is 0.944. The van der Waals surface area contributed by atoms with Crippen molar-refractivity contribution in [2.75, 3.05) is 6.54 Å². The molecular formula is C13H12BrCl2NO. The molecule has 1 heterocycles. The third-order valence-corrected chi connectivity index (χ3v) is 4.70. The molecule has 0 bridgehead atoms. The predicted octanol–water partition coefficient (Wildman–Crippen LogP) is 4.80. The van der Waals surface area contributed by atoms with Crippen molar-refractivity contribution in [3.05, 3.63) is 32.4 Å². The fourth-order valence-electron chi connectivity index (χ4n) is 2.05. The van der Waals surface area contributed by atoms with Crippen LogP contribution in [0.4, 0.5) is 0 Å². The molecule has 0 amide bonds. The van der Waals surface area contributed by atoms with Gasteiger partial charge in [-0.25, -0.2) is 0 Å². The molecule has 2 nitrogen and oxygen atoms in total. The summed E-state index contributed by atoms with van der Waals surface area (Å²) in [5.74, 6) is 0. The van der Waals surface area contributed by atoms with Crippen LogP contribution in [0, 0.1) is 0 Å². The van der Waals surface area contributed by atoms with E-state index in [1.54, 1.807) is 12.3 Å². The third-order valence-electron chi connectivity index (χ3n) is 3.17. The molecule has 1 N–H and O–H groups in total. The van der Waals surface area contributed by atoms with Crippen molar-refractivity contribution < 1.29 is 4.42 Å². The van der Waals surface area contributed by atoms with Gasteiger partial charge in [-0.2, -0.15) is 0 Å². The number of furan rings is 1. The summed E-state index contributed by atoms with van der Waals surface area (Å²) in [5, 5.41) is 5.66. The standard InChI is InChI=1S/C13H12BrCl2NO/c14-9-5-10(15)13-11(12(9)16)7(6-18-13)3-4-17-8-1-2-8/h5-6,8,17H,1-4H2. The second-order valence-corrected chi connectivity index (χ2v) is 6.24. The van der Waals surface area contributed by atoms with Gasteiger partial charge in [0.25, 0.3) is 0 Å². The second kappa shape index (κ2) is 5.04. The van der Waals surface area contributed by atoms with Crippen molar-refractivity contribution in [2.45, 2.75) is 25.3 Å². The van der Waals surface area contributed by atoms with Crippen molar-refractivity contribution in [3.63, 3.8) is 0 Å². The Hall–Kier alpha value is -0.220. The Bertz CT molecular complexity index is 592. The lowest BCUT2D eigenvalue weighted by molar-refractivity contribution is 0.605. The summed E-state index contributed by atoms with van der Waals surface area (Å²) in [7, 11) is 0. The van der Waals surface area contributed by atoms with Crippen LogP contribution in [-0.4, -0.2) is 12.6 Å². The Morgan fingerprint density at radius 3 is 2.89 bits per heavy atom. The molecule has 1 aromatic heterocycles. The van der Waals surface area contributed by atoms with Gasteiger partial charge in [0.1, 0.15) is 0 Å². The van der Waals surface area contributed by atoms with Gasteiger partial charge < -0.3 is 9.73 Å². The first-order valence-electron chi connectivity index (χ1n) is 5.94. The van der Waals surface area contributed by atoms with Crippen molar-refractivity contribution in [3.8, 4) is 0 Å². The van der Waals surface area contributed by atoms with Crippen LogP contribution in [0.15, 0.2) is 21.2 Å². The Kier molecular flexibility index (Phi) is 3.59. The van der Waals surface area contributed by atoms with E-state index in [0.29, 0.717) is 21.7 Å². The Morgan fingerprint density at radius 2 is 2.17 bits per heavy atom. The highest BCUT2D eigenvalue weighted by atomic mass is 79.9. The molecule has 2 aromatic rings. The molecule has 96 valence electrons. The van der Waals surface area contributed by atoms with Crippen molar-refractivity contribution in [1.29, 1.82) is 0 Å². The maximum absolute atomic E-state index is 6.31. The number of nitrogens with one attached hydrogen (secondary N) is 1. The van der Waals surface area contributed by atoms with Gasteiger partial charge in [-0.3, -0.25) is 0 Å². The minimum Gasteiger partial charge on any atom is -0.462 e. The quantitative estimate of drug-likeness (QED) is 0.803. The Morgan fingerprint density at radius 1 is 1.39 bits per heavy atom. The average Bonchev–Trinajstić information content (AvgIpc) is 3.05. The van der Waals surface area contributed by atoms with E-state index in [9.17, 15) is 0 Å². The van der Waals surface area contributed by atoms with Crippen LogP contribution < -0.4 is 5.32 Å². The van der Waals surface area contributed by atoms with E-state index in [2.05, 4.69) is 21.2 Å². The number of rotatable bonds is 4. The average molecular weight is 349 g/mol. The molecule has 5 heteroatoms. The SMILES string of the molecule is Clc1cc(Br)c(Cl)c2c(CCNC3CC3)coc12. The van der Waals surface area contributed by atoms with Crippen LogP contribution in [-0.2, 0) is 6.42 Å². The summed E-state index contributed by atoms with van der Waals surface area (Å²) in [4.78, 5) is 0. The fourth-order valence-corrected chi connectivity index (χ4v) is 3.12. The zero-order valence-corrected chi connectivity index (χ0v) is 12.7. The zero-order valence-electron chi connectivity index (χ0n) is 9.60. The van der Waals surface area contributed by atoms with E-state index in [1.807, 2.05) is 0 Å². The Labute approximate surface area is 124 Å². The number of benzene rings is 1. The molecule has 1 fully saturated rings. The molecular weight excluding hydrogens is 337 g/mol.